The maximum atomic E-state index is 11.7. The van der Waals surface area contributed by atoms with Crippen LogP contribution in [-0.4, -0.2) is 35.9 Å². The summed E-state index contributed by atoms with van der Waals surface area (Å²) in [5.74, 6) is -3.13. The molecule has 37 heavy (non-hydrogen) atoms. The maximum Gasteiger partial charge on any atom is 2.00 e. The van der Waals surface area contributed by atoms with Gasteiger partial charge in [-0.2, -0.15) is 0 Å². The number of benzene rings is 2. The Morgan fingerprint density at radius 2 is 0.973 bits per heavy atom. The first kappa shape index (κ1) is 29.2. The van der Waals surface area contributed by atoms with E-state index in [-0.39, 0.29) is 50.8 Å². The summed E-state index contributed by atoms with van der Waals surface area (Å²) in [7, 11) is 0. The third kappa shape index (κ3) is 8.54. The van der Waals surface area contributed by atoms with Crippen LogP contribution in [-0.2, 0) is 16.8 Å². The van der Waals surface area contributed by atoms with Crippen molar-refractivity contribution in [3.8, 4) is 0 Å². The Morgan fingerprint density at radius 1 is 0.595 bits per heavy atom. The van der Waals surface area contributed by atoms with Gasteiger partial charge in [-0.1, -0.05) is 48.5 Å². The fraction of sp³-hybridized carbons (Fsp3) is 0. The summed E-state index contributed by atoms with van der Waals surface area (Å²) in [6.07, 6.45) is 2.24. The zero-order valence-electron chi connectivity index (χ0n) is 18.7. The zero-order valence-corrected chi connectivity index (χ0v) is 21.4. The van der Waals surface area contributed by atoms with Crippen molar-refractivity contribution in [2.75, 3.05) is 0 Å². The van der Waals surface area contributed by atoms with Gasteiger partial charge in [0.2, 0.25) is 11.6 Å². The normalized spacial score (nSPS) is 10.4. The molecule has 11 heteroatoms. The molecule has 0 spiro atoms. The fourth-order valence-electron chi connectivity index (χ4n) is 2.74. The number of carboxylic acid groups (broad SMARTS) is 2. The fourth-order valence-corrected chi connectivity index (χ4v) is 4.00. The second kappa shape index (κ2) is 14.5. The number of rotatable bonds is 8. The van der Waals surface area contributed by atoms with Gasteiger partial charge in [0, 0.05) is 11.1 Å². The summed E-state index contributed by atoms with van der Waals surface area (Å²) in [6, 6.07) is 19.1. The minimum atomic E-state index is -1.31. The summed E-state index contributed by atoms with van der Waals surface area (Å²) >= 11 is 2.61. The monoisotopic (exact) mass is 575 g/mol. The first-order valence-electron chi connectivity index (χ1n) is 10.2. The quantitative estimate of drug-likeness (QED) is 0.233. The first-order valence-corrected chi connectivity index (χ1v) is 12.0. The van der Waals surface area contributed by atoms with E-state index in [9.17, 15) is 29.4 Å². The predicted octanol–water partition coefficient (Wildman–Crippen LogP) is 3.39. The van der Waals surface area contributed by atoms with Crippen LogP contribution in [0, 0.1) is 0 Å². The second-order valence-electron chi connectivity index (χ2n) is 6.81. The number of hydrogen-bond acceptors (Lipinski definition) is 10. The van der Waals surface area contributed by atoms with Crippen molar-refractivity contribution in [2.45, 2.75) is 0 Å². The number of carbonyl (C=O) groups excluding carboxylic acids is 4. The van der Waals surface area contributed by atoms with E-state index in [1.165, 1.54) is 46.9 Å². The van der Waals surface area contributed by atoms with Crippen LogP contribution in [0.15, 0.2) is 93.5 Å². The molecule has 0 aliphatic heterocycles. The van der Waals surface area contributed by atoms with Crippen molar-refractivity contribution >= 4 is 70.0 Å². The Balaban J connectivity index is 0.000000253. The molecule has 0 aliphatic carbocycles. The van der Waals surface area contributed by atoms with Gasteiger partial charge in [-0.3, -0.25) is 19.6 Å². The van der Waals surface area contributed by atoms with Gasteiger partial charge in [0.25, 0.3) is 0 Å². The van der Waals surface area contributed by atoms with Crippen molar-refractivity contribution in [3.05, 3.63) is 104 Å². The van der Waals surface area contributed by atoms with E-state index in [0.717, 1.165) is 12.4 Å². The van der Waals surface area contributed by atoms with Gasteiger partial charge >= 0.3 is 16.8 Å². The largest absolute Gasteiger partial charge is 2.00 e. The van der Waals surface area contributed by atoms with Crippen molar-refractivity contribution in [2.24, 2.45) is 9.98 Å². The van der Waals surface area contributed by atoms with Gasteiger partial charge in [0.05, 0.1) is 45.5 Å². The van der Waals surface area contributed by atoms with E-state index in [4.69, 9.17) is 0 Å². The standard InChI is InChI=1S/2C13H9NO3S.Co/c2*15-11(12-6-3-7-18-12)8-14-10-5-2-1-4-9(10)13(16)17;/h2*1-8H,(H,16,17);/q;;+2/p-2. The molecule has 2 heterocycles. The number of carbonyl (C=O) groups is 4. The van der Waals surface area contributed by atoms with Crippen molar-refractivity contribution in [1.82, 2.24) is 0 Å². The number of carboxylic acids is 2. The van der Waals surface area contributed by atoms with Gasteiger partial charge in [0.15, 0.2) is 0 Å². The average molecular weight is 575 g/mol. The molecule has 4 rings (SSSR count). The molecule has 2 aromatic heterocycles. The van der Waals surface area contributed by atoms with Crippen LogP contribution in [0.5, 0.6) is 0 Å². The Labute approximate surface area is 229 Å². The summed E-state index contributed by atoms with van der Waals surface area (Å²) < 4.78 is 0. The van der Waals surface area contributed by atoms with Crippen LogP contribution < -0.4 is 10.2 Å². The van der Waals surface area contributed by atoms with Crippen LogP contribution in [0.1, 0.15) is 40.1 Å². The predicted molar refractivity (Wildman–Crippen MR) is 135 cm³/mol. The SMILES string of the molecule is O=C(C=Nc1ccccc1C(=O)[O-])c1cccs1.O=C(C=Nc1ccccc1C(=O)[O-])c1cccs1.[Co+2]. The number of aromatic carboxylic acids is 2. The topological polar surface area (TPSA) is 139 Å². The minimum absolute atomic E-state index is 0. The van der Waals surface area contributed by atoms with Crippen molar-refractivity contribution in [3.63, 3.8) is 0 Å². The number of thiophene rings is 2. The number of ketones is 2. The molecule has 0 aliphatic rings. The zero-order chi connectivity index (χ0) is 25.9. The summed E-state index contributed by atoms with van der Waals surface area (Å²) in [5, 5.41) is 25.2. The number of hydrogen-bond donors (Lipinski definition) is 0. The van der Waals surface area contributed by atoms with Crippen LogP contribution in [0.4, 0.5) is 11.4 Å². The van der Waals surface area contributed by atoms with Crippen LogP contribution in [0.3, 0.4) is 0 Å². The van der Waals surface area contributed by atoms with Crippen LogP contribution in [0.25, 0.3) is 0 Å². The van der Waals surface area contributed by atoms with Crippen LogP contribution in [0.2, 0.25) is 0 Å². The first-order chi connectivity index (χ1) is 17.4. The molecular formula is C26H16CoN2O6S2. The van der Waals surface area contributed by atoms with E-state index in [1.807, 2.05) is 0 Å². The molecule has 0 fully saturated rings. The molecule has 8 nitrogen and oxygen atoms in total. The molecule has 1 radical (unpaired) electrons. The minimum Gasteiger partial charge on any atom is -0.545 e. The number of Topliss-reactive ketones (excluding diaryl/α,β-unsaturated/α-hetero) is 2. The molecule has 4 aromatic rings. The summed E-state index contributed by atoms with van der Waals surface area (Å²) in [5.41, 5.74) is 0.352. The molecule has 0 amide bonds. The van der Waals surface area contributed by atoms with E-state index in [2.05, 4.69) is 9.98 Å². The van der Waals surface area contributed by atoms with Crippen molar-refractivity contribution < 1.29 is 46.2 Å². The van der Waals surface area contributed by atoms with E-state index < -0.39 is 11.9 Å². The van der Waals surface area contributed by atoms with Crippen molar-refractivity contribution in [1.29, 1.82) is 0 Å². The maximum absolute atomic E-state index is 11.7. The second-order valence-corrected chi connectivity index (χ2v) is 8.70. The van der Waals surface area contributed by atoms with Gasteiger partial charge < -0.3 is 19.8 Å². The van der Waals surface area contributed by atoms with E-state index >= 15 is 0 Å². The Hall–Kier alpha value is -4.03. The van der Waals surface area contributed by atoms with E-state index in [1.54, 1.807) is 59.3 Å². The number of nitrogens with zero attached hydrogens (tertiary/aromatic N) is 2. The molecule has 0 N–H and O–H groups in total. The molecular weight excluding hydrogens is 559 g/mol. The van der Waals surface area contributed by atoms with E-state index in [0.29, 0.717) is 9.75 Å². The Morgan fingerprint density at radius 3 is 1.30 bits per heavy atom. The number of aliphatic imine (C=N–C) groups is 2. The van der Waals surface area contributed by atoms with Gasteiger partial charge in [-0.15, -0.1) is 22.7 Å². The summed E-state index contributed by atoms with van der Waals surface area (Å²) in [6.45, 7) is 0. The molecule has 0 unspecified atom stereocenters. The average Bonchev–Trinajstić information content (AvgIpc) is 3.61. The Kier molecular flexibility index (Phi) is 11.4. The molecule has 0 bridgehead atoms. The van der Waals surface area contributed by atoms with Gasteiger partial charge in [0.1, 0.15) is 0 Å². The van der Waals surface area contributed by atoms with Crippen LogP contribution >= 0.6 is 22.7 Å². The third-order valence-corrected chi connectivity index (χ3v) is 6.19. The van der Waals surface area contributed by atoms with Gasteiger partial charge in [-0.05, 0) is 35.0 Å². The third-order valence-electron chi connectivity index (χ3n) is 4.42. The smallest absolute Gasteiger partial charge is 0.545 e. The van der Waals surface area contributed by atoms with Gasteiger partial charge in [-0.25, -0.2) is 0 Å². The molecule has 0 saturated carbocycles. The Bertz CT molecular complexity index is 1320. The molecule has 0 atom stereocenters. The molecule has 2 aromatic carbocycles. The summed E-state index contributed by atoms with van der Waals surface area (Å²) in [4.78, 5) is 53.9. The molecule has 0 saturated heterocycles. The molecule has 187 valence electrons. The number of para-hydroxylation sites is 2.